The summed E-state index contributed by atoms with van der Waals surface area (Å²) in [6.07, 6.45) is 14.1. The summed E-state index contributed by atoms with van der Waals surface area (Å²) in [5.41, 5.74) is 0. The number of hydrogen-bond donors (Lipinski definition) is 4. The first-order valence-electron chi connectivity index (χ1n) is 12.1. The molecule has 0 aromatic rings. The monoisotopic (exact) mass is 443 g/mol. The summed E-state index contributed by atoms with van der Waals surface area (Å²) < 4.78 is 11.5. The van der Waals surface area contributed by atoms with Crippen LogP contribution in [-0.4, -0.2) is 61.9 Å². The standard InChI is InChI=1S/C25H37N3O4/c26-6-5-25(27-11-23(29)15-31-13-21-9-17-1-3-19(21)7-17)28-12-24(30)16-32-14-22-10-18-2-4-20(22)8-18/h1-5,17-24,27-30H,7-16H2. The Labute approximate surface area is 191 Å². The number of nitrogens with zero attached hydrogens (tertiary/aromatic N) is 1. The fourth-order valence-electron chi connectivity index (χ4n) is 5.69. The quantitative estimate of drug-likeness (QED) is 0.239. The molecule has 0 spiro atoms. The summed E-state index contributed by atoms with van der Waals surface area (Å²) in [4.78, 5) is 0. The van der Waals surface area contributed by atoms with Crippen LogP contribution >= 0.6 is 0 Å². The van der Waals surface area contributed by atoms with Crippen LogP contribution in [-0.2, 0) is 9.47 Å². The first-order valence-corrected chi connectivity index (χ1v) is 12.1. The van der Waals surface area contributed by atoms with Crippen molar-refractivity contribution in [3.8, 4) is 6.07 Å². The summed E-state index contributed by atoms with van der Waals surface area (Å²) >= 11 is 0. The van der Waals surface area contributed by atoms with E-state index in [2.05, 4.69) is 34.9 Å². The van der Waals surface area contributed by atoms with E-state index in [0.29, 0.717) is 42.7 Å². The molecule has 7 heteroatoms. The Balaban J connectivity index is 1.06. The summed E-state index contributed by atoms with van der Waals surface area (Å²) in [7, 11) is 0. The second-order valence-corrected chi connectivity index (χ2v) is 9.91. The SMILES string of the molecule is N#CC=C(NCC(O)COCC1CC2C=CC1C2)NCC(O)COCC1CC2C=CC1C2. The smallest absolute Gasteiger partial charge is 0.110 e. The van der Waals surface area contributed by atoms with Crippen LogP contribution in [0.1, 0.15) is 25.7 Å². The molecule has 4 rings (SSSR count). The highest BCUT2D eigenvalue weighted by Gasteiger charge is 2.36. The number of aliphatic hydroxyl groups excluding tert-OH is 2. The van der Waals surface area contributed by atoms with Gasteiger partial charge in [0.05, 0.1) is 50.8 Å². The number of ether oxygens (including phenoxy) is 2. The molecule has 0 heterocycles. The molecular formula is C25H37N3O4. The Morgan fingerprint density at radius 1 is 0.875 bits per heavy atom. The maximum Gasteiger partial charge on any atom is 0.110 e. The molecule has 4 bridgehead atoms. The van der Waals surface area contributed by atoms with Gasteiger partial charge in [0.1, 0.15) is 5.82 Å². The third-order valence-electron chi connectivity index (χ3n) is 7.38. The Bertz CT molecular complexity index is 694. The van der Waals surface area contributed by atoms with Gasteiger partial charge in [-0.05, 0) is 61.2 Å². The highest BCUT2D eigenvalue weighted by atomic mass is 16.5. The minimum atomic E-state index is -0.669. The highest BCUT2D eigenvalue weighted by molar-refractivity contribution is 5.11. The van der Waals surface area contributed by atoms with E-state index in [0.717, 1.165) is 11.8 Å². The zero-order chi connectivity index (χ0) is 22.3. The van der Waals surface area contributed by atoms with Crippen molar-refractivity contribution in [2.45, 2.75) is 37.9 Å². The van der Waals surface area contributed by atoms with Crippen LogP contribution < -0.4 is 10.6 Å². The molecule has 0 aromatic heterocycles. The van der Waals surface area contributed by atoms with Crippen molar-refractivity contribution in [2.24, 2.45) is 35.5 Å². The Kier molecular flexibility index (Phi) is 8.26. The van der Waals surface area contributed by atoms with Gasteiger partial charge in [0, 0.05) is 13.1 Å². The van der Waals surface area contributed by atoms with E-state index in [-0.39, 0.29) is 26.3 Å². The normalized spacial score (nSPS) is 33.3. The number of nitrogens with one attached hydrogen (secondary N) is 2. The van der Waals surface area contributed by atoms with Gasteiger partial charge in [0.15, 0.2) is 0 Å². The van der Waals surface area contributed by atoms with Crippen molar-refractivity contribution in [2.75, 3.05) is 39.5 Å². The van der Waals surface area contributed by atoms with Crippen LogP contribution in [0.3, 0.4) is 0 Å². The highest BCUT2D eigenvalue weighted by Crippen LogP contribution is 2.44. The average Bonchev–Trinajstić information content (AvgIpc) is 3.58. The van der Waals surface area contributed by atoms with Crippen molar-refractivity contribution in [1.82, 2.24) is 10.6 Å². The lowest BCUT2D eigenvalue weighted by molar-refractivity contribution is 0.0163. The molecule has 0 saturated heterocycles. The van der Waals surface area contributed by atoms with Crippen LogP contribution in [0.5, 0.6) is 0 Å². The molecule has 4 aliphatic carbocycles. The van der Waals surface area contributed by atoms with Crippen LogP contribution in [0.15, 0.2) is 36.2 Å². The van der Waals surface area contributed by atoms with Gasteiger partial charge in [-0.15, -0.1) is 0 Å². The second kappa shape index (κ2) is 11.3. The molecule has 7 nitrogen and oxygen atoms in total. The molecule has 2 fully saturated rings. The number of fused-ring (bicyclic) bond motifs is 4. The summed E-state index contributed by atoms with van der Waals surface area (Å²) in [6, 6.07) is 1.98. The maximum atomic E-state index is 10.2. The third-order valence-corrected chi connectivity index (χ3v) is 7.38. The van der Waals surface area contributed by atoms with Gasteiger partial charge in [-0.1, -0.05) is 24.3 Å². The number of rotatable bonds is 14. The summed E-state index contributed by atoms with van der Waals surface area (Å²) in [6.45, 7) is 2.43. The molecule has 0 aromatic carbocycles. The summed E-state index contributed by atoms with van der Waals surface area (Å²) in [5.74, 6) is 4.36. The number of hydrogen-bond acceptors (Lipinski definition) is 7. The van der Waals surface area contributed by atoms with E-state index in [1.165, 1.54) is 31.8 Å². The third kappa shape index (κ3) is 6.35. The molecular weight excluding hydrogens is 406 g/mol. The van der Waals surface area contributed by atoms with Crippen molar-refractivity contribution in [1.29, 1.82) is 5.26 Å². The number of aliphatic hydroxyl groups is 2. The van der Waals surface area contributed by atoms with Crippen molar-refractivity contribution in [3.05, 3.63) is 36.2 Å². The molecule has 176 valence electrons. The van der Waals surface area contributed by atoms with Gasteiger partial charge in [-0.2, -0.15) is 5.26 Å². The molecule has 8 unspecified atom stereocenters. The fourth-order valence-corrected chi connectivity index (χ4v) is 5.69. The lowest BCUT2D eigenvalue weighted by Crippen LogP contribution is -2.38. The topological polar surface area (TPSA) is 107 Å². The van der Waals surface area contributed by atoms with Crippen LogP contribution in [0.25, 0.3) is 0 Å². The molecule has 32 heavy (non-hydrogen) atoms. The minimum absolute atomic E-state index is 0.263. The first kappa shape index (κ1) is 23.3. The largest absolute Gasteiger partial charge is 0.389 e. The Morgan fingerprint density at radius 3 is 1.75 bits per heavy atom. The van der Waals surface area contributed by atoms with Gasteiger partial charge in [0.2, 0.25) is 0 Å². The van der Waals surface area contributed by atoms with Gasteiger partial charge in [-0.25, -0.2) is 0 Å². The predicted molar refractivity (Wildman–Crippen MR) is 121 cm³/mol. The van der Waals surface area contributed by atoms with Gasteiger partial charge in [0.25, 0.3) is 0 Å². The molecule has 2 saturated carbocycles. The van der Waals surface area contributed by atoms with Crippen molar-refractivity contribution in [3.63, 3.8) is 0 Å². The molecule has 8 atom stereocenters. The van der Waals surface area contributed by atoms with Crippen LogP contribution in [0.4, 0.5) is 0 Å². The number of allylic oxidation sites excluding steroid dienone is 5. The van der Waals surface area contributed by atoms with Crippen LogP contribution in [0, 0.1) is 46.8 Å². The van der Waals surface area contributed by atoms with E-state index >= 15 is 0 Å². The van der Waals surface area contributed by atoms with E-state index < -0.39 is 12.2 Å². The van der Waals surface area contributed by atoms with Gasteiger partial charge in [-0.3, -0.25) is 0 Å². The van der Waals surface area contributed by atoms with E-state index in [1.807, 2.05) is 6.07 Å². The first-order chi connectivity index (χ1) is 15.6. The van der Waals surface area contributed by atoms with Crippen molar-refractivity contribution >= 4 is 0 Å². The molecule has 0 amide bonds. The summed E-state index contributed by atoms with van der Waals surface area (Å²) in [5, 5.41) is 35.5. The second-order valence-electron chi connectivity index (χ2n) is 9.91. The lowest BCUT2D eigenvalue weighted by atomic mass is 9.95. The van der Waals surface area contributed by atoms with E-state index in [1.54, 1.807) is 0 Å². The van der Waals surface area contributed by atoms with Crippen LogP contribution in [0.2, 0.25) is 0 Å². The molecule has 4 aliphatic rings. The van der Waals surface area contributed by atoms with E-state index in [4.69, 9.17) is 14.7 Å². The number of nitriles is 1. The molecule has 0 radical (unpaired) electrons. The zero-order valence-electron chi connectivity index (χ0n) is 18.7. The van der Waals surface area contributed by atoms with Gasteiger partial charge >= 0.3 is 0 Å². The fraction of sp³-hybridized carbons (Fsp3) is 0.720. The predicted octanol–water partition coefficient (Wildman–Crippen LogP) is 1.71. The Morgan fingerprint density at radius 2 is 1.38 bits per heavy atom. The van der Waals surface area contributed by atoms with Crippen molar-refractivity contribution < 1.29 is 19.7 Å². The maximum absolute atomic E-state index is 10.2. The molecule has 0 aliphatic heterocycles. The molecule has 4 N–H and O–H groups in total. The zero-order valence-corrected chi connectivity index (χ0v) is 18.7. The van der Waals surface area contributed by atoms with E-state index in [9.17, 15) is 10.2 Å². The lowest BCUT2D eigenvalue weighted by Gasteiger charge is -2.21. The minimum Gasteiger partial charge on any atom is -0.389 e. The average molecular weight is 444 g/mol. The van der Waals surface area contributed by atoms with Gasteiger partial charge < -0.3 is 30.3 Å². The Hall–Kier alpha value is -1.85.